The minimum absolute atomic E-state index is 0.652. The van der Waals surface area contributed by atoms with E-state index in [9.17, 15) is 0 Å². The fraction of sp³-hybridized carbons (Fsp3) is 0.444. The van der Waals surface area contributed by atoms with E-state index in [1.807, 2.05) is 25.6 Å². The Hall–Kier alpha value is -2.67. The van der Waals surface area contributed by atoms with E-state index in [1.54, 1.807) is 0 Å². The molecule has 6 nitrogen and oxygen atoms in total. The van der Waals surface area contributed by atoms with Gasteiger partial charge in [0, 0.05) is 63.5 Å². The van der Waals surface area contributed by atoms with Gasteiger partial charge < -0.3 is 14.0 Å². The molecule has 2 aliphatic rings. The first-order valence-corrected chi connectivity index (χ1v) is 12.0. The molecule has 1 saturated heterocycles. The lowest BCUT2D eigenvalue weighted by Crippen LogP contribution is -2.36. The lowest BCUT2D eigenvalue weighted by molar-refractivity contribution is 0.0873. The van der Waals surface area contributed by atoms with E-state index < -0.39 is 0 Å². The van der Waals surface area contributed by atoms with E-state index in [4.69, 9.17) is 9.47 Å². The van der Waals surface area contributed by atoms with Crippen LogP contribution in [0.15, 0.2) is 61.1 Å². The molecule has 0 radical (unpaired) electrons. The second-order valence-electron chi connectivity index (χ2n) is 9.28. The van der Waals surface area contributed by atoms with E-state index in [0.717, 1.165) is 50.8 Å². The number of benzene rings is 1. The molecule has 174 valence electrons. The Morgan fingerprint density at radius 1 is 1.09 bits per heavy atom. The molecule has 0 spiro atoms. The summed E-state index contributed by atoms with van der Waals surface area (Å²) >= 11 is 0. The number of likely N-dealkylation sites (tertiary alicyclic amines) is 1. The third-order valence-corrected chi connectivity index (χ3v) is 6.74. The van der Waals surface area contributed by atoms with Gasteiger partial charge in [-0.3, -0.25) is 14.8 Å². The quantitative estimate of drug-likeness (QED) is 0.546. The molecule has 0 N–H and O–H groups in total. The van der Waals surface area contributed by atoms with Crippen LogP contribution in [0.4, 0.5) is 0 Å². The number of ether oxygens (including phenoxy) is 2. The smallest absolute Gasteiger partial charge is 0.123 e. The largest absolute Gasteiger partial charge is 0.492 e. The maximum Gasteiger partial charge on any atom is 0.123 e. The summed E-state index contributed by atoms with van der Waals surface area (Å²) in [6.45, 7) is 7.55. The molecule has 33 heavy (non-hydrogen) atoms. The summed E-state index contributed by atoms with van der Waals surface area (Å²) in [5, 5.41) is 0. The Morgan fingerprint density at radius 3 is 2.94 bits per heavy atom. The standard InChI is InChI=1S/C27H34N4O2/c1-32-21-23-5-3-11-29(18-23)17-22-8-9-27-24(15-22)19-30(13-14-33-27)20-26-7-4-12-31(26)25-6-2-10-28-16-25/h2,4,6-10,12,15-16,23H,3,5,11,13-14,17-21H2,1H3. The molecule has 1 atom stereocenters. The van der Waals surface area contributed by atoms with Crippen LogP contribution < -0.4 is 4.74 Å². The second kappa shape index (κ2) is 10.5. The molecule has 3 aromatic rings. The maximum atomic E-state index is 6.12. The van der Waals surface area contributed by atoms with Crippen LogP contribution in [0.5, 0.6) is 5.75 Å². The van der Waals surface area contributed by atoms with E-state index >= 15 is 0 Å². The summed E-state index contributed by atoms with van der Waals surface area (Å²) < 4.78 is 13.7. The molecule has 1 fully saturated rings. The molecule has 1 unspecified atom stereocenters. The van der Waals surface area contributed by atoms with Crippen molar-refractivity contribution in [1.82, 2.24) is 19.4 Å². The fourth-order valence-corrected chi connectivity index (χ4v) is 5.18. The second-order valence-corrected chi connectivity index (χ2v) is 9.28. The highest BCUT2D eigenvalue weighted by atomic mass is 16.5. The first-order valence-electron chi connectivity index (χ1n) is 12.0. The van der Waals surface area contributed by atoms with Gasteiger partial charge in [0.2, 0.25) is 0 Å². The van der Waals surface area contributed by atoms with Gasteiger partial charge in [-0.2, -0.15) is 0 Å². The molecule has 6 heteroatoms. The Kier molecular flexibility index (Phi) is 7.05. The highest BCUT2D eigenvalue weighted by Gasteiger charge is 2.21. The predicted octanol–water partition coefficient (Wildman–Crippen LogP) is 4.13. The number of aromatic nitrogens is 2. The summed E-state index contributed by atoms with van der Waals surface area (Å²) in [6.07, 6.45) is 8.37. The van der Waals surface area contributed by atoms with E-state index in [-0.39, 0.29) is 0 Å². The maximum absolute atomic E-state index is 6.12. The number of methoxy groups -OCH3 is 1. The highest BCUT2D eigenvalue weighted by Crippen LogP contribution is 2.27. The zero-order valence-electron chi connectivity index (χ0n) is 19.5. The van der Waals surface area contributed by atoms with Crippen LogP contribution >= 0.6 is 0 Å². The van der Waals surface area contributed by atoms with Crippen LogP contribution in [0.1, 0.15) is 29.7 Å². The number of hydrogen-bond acceptors (Lipinski definition) is 5. The van der Waals surface area contributed by atoms with Crippen molar-refractivity contribution in [3.8, 4) is 11.4 Å². The van der Waals surface area contributed by atoms with Crippen LogP contribution in [-0.4, -0.2) is 59.3 Å². The van der Waals surface area contributed by atoms with Gasteiger partial charge in [0.15, 0.2) is 0 Å². The topological polar surface area (TPSA) is 42.8 Å². The summed E-state index contributed by atoms with van der Waals surface area (Å²) in [7, 11) is 1.81. The van der Waals surface area contributed by atoms with Gasteiger partial charge in [-0.15, -0.1) is 0 Å². The van der Waals surface area contributed by atoms with Crippen molar-refractivity contribution in [1.29, 1.82) is 0 Å². The van der Waals surface area contributed by atoms with Gasteiger partial charge in [0.25, 0.3) is 0 Å². The van der Waals surface area contributed by atoms with Crippen molar-refractivity contribution < 1.29 is 9.47 Å². The molecule has 2 aromatic heterocycles. The molecule has 1 aromatic carbocycles. The van der Waals surface area contributed by atoms with E-state index in [2.05, 4.69) is 61.9 Å². The van der Waals surface area contributed by atoms with Gasteiger partial charge in [-0.05, 0) is 67.3 Å². The predicted molar refractivity (Wildman–Crippen MR) is 129 cm³/mol. The summed E-state index contributed by atoms with van der Waals surface area (Å²) in [5.41, 5.74) is 5.02. The SMILES string of the molecule is COCC1CCCN(Cc2ccc3c(c2)CN(Cc2cccn2-c2cccnc2)CCO3)C1. The normalized spacial score (nSPS) is 19.6. The monoisotopic (exact) mass is 446 g/mol. The van der Waals surface area contributed by atoms with Gasteiger partial charge >= 0.3 is 0 Å². The van der Waals surface area contributed by atoms with Crippen molar-refractivity contribution in [3.63, 3.8) is 0 Å². The van der Waals surface area contributed by atoms with Gasteiger partial charge in [0.1, 0.15) is 12.4 Å². The summed E-state index contributed by atoms with van der Waals surface area (Å²) in [4.78, 5) is 9.33. The average Bonchev–Trinajstić information content (AvgIpc) is 3.20. The van der Waals surface area contributed by atoms with Crippen LogP contribution in [0, 0.1) is 5.92 Å². The molecule has 0 aliphatic carbocycles. The Bertz CT molecular complexity index is 1030. The number of piperidine rings is 1. The fourth-order valence-electron chi connectivity index (χ4n) is 5.18. The highest BCUT2D eigenvalue weighted by molar-refractivity contribution is 5.38. The van der Waals surface area contributed by atoms with Crippen molar-refractivity contribution in [2.24, 2.45) is 5.92 Å². The molecule has 5 rings (SSSR count). The molecule has 4 heterocycles. The molecular formula is C27H34N4O2. The number of rotatable bonds is 7. The van der Waals surface area contributed by atoms with Crippen molar-refractivity contribution in [3.05, 3.63) is 77.9 Å². The summed E-state index contributed by atoms with van der Waals surface area (Å²) in [5.74, 6) is 1.68. The first-order chi connectivity index (χ1) is 16.3. The lowest BCUT2D eigenvalue weighted by Gasteiger charge is -2.32. The number of fused-ring (bicyclic) bond motifs is 1. The van der Waals surface area contributed by atoms with Crippen LogP contribution in [-0.2, 0) is 24.4 Å². The zero-order valence-corrected chi connectivity index (χ0v) is 19.5. The first kappa shape index (κ1) is 22.1. The van der Waals surface area contributed by atoms with Crippen LogP contribution in [0.25, 0.3) is 5.69 Å². The van der Waals surface area contributed by atoms with Crippen molar-refractivity contribution in [2.75, 3.05) is 40.0 Å². The number of nitrogens with zero attached hydrogens (tertiary/aromatic N) is 4. The molecule has 0 amide bonds. The molecular weight excluding hydrogens is 412 g/mol. The minimum atomic E-state index is 0.652. The molecule has 0 saturated carbocycles. The van der Waals surface area contributed by atoms with Crippen LogP contribution in [0.3, 0.4) is 0 Å². The Labute approximate surface area is 196 Å². The Balaban J connectivity index is 1.28. The van der Waals surface area contributed by atoms with Crippen molar-refractivity contribution in [2.45, 2.75) is 32.5 Å². The minimum Gasteiger partial charge on any atom is -0.492 e. The van der Waals surface area contributed by atoms with Gasteiger partial charge in [0.05, 0.1) is 18.5 Å². The summed E-state index contributed by atoms with van der Waals surface area (Å²) in [6, 6.07) is 15.2. The zero-order chi connectivity index (χ0) is 22.5. The molecule has 0 bridgehead atoms. The number of hydrogen-bond donors (Lipinski definition) is 0. The Morgan fingerprint density at radius 2 is 2.06 bits per heavy atom. The third-order valence-electron chi connectivity index (χ3n) is 6.74. The lowest BCUT2D eigenvalue weighted by atomic mass is 9.98. The molecule has 2 aliphatic heterocycles. The third kappa shape index (κ3) is 5.46. The van der Waals surface area contributed by atoms with Crippen molar-refractivity contribution >= 4 is 0 Å². The van der Waals surface area contributed by atoms with E-state index in [1.165, 1.54) is 36.2 Å². The van der Waals surface area contributed by atoms with Gasteiger partial charge in [-0.25, -0.2) is 0 Å². The average molecular weight is 447 g/mol. The number of pyridine rings is 1. The van der Waals surface area contributed by atoms with Gasteiger partial charge in [-0.1, -0.05) is 6.07 Å². The van der Waals surface area contributed by atoms with Crippen LogP contribution in [0.2, 0.25) is 0 Å². The van der Waals surface area contributed by atoms with E-state index in [0.29, 0.717) is 12.5 Å².